The number of nitrogens with zero attached hydrogens (tertiary/aromatic N) is 4. The molecule has 0 radical (unpaired) electrons. The van der Waals surface area contributed by atoms with E-state index in [1.165, 1.54) is 0 Å². The van der Waals surface area contributed by atoms with Crippen molar-refractivity contribution in [3.8, 4) is 0 Å². The average molecular weight is 438 g/mol. The number of aromatic nitrogens is 2. The van der Waals surface area contributed by atoms with Crippen molar-refractivity contribution in [1.29, 1.82) is 0 Å². The van der Waals surface area contributed by atoms with Gasteiger partial charge in [-0.15, -0.1) is 10.1 Å². The normalized spacial score (nSPS) is 14.6. The molecule has 30 heavy (non-hydrogen) atoms. The van der Waals surface area contributed by atoms with Crippen LogP contribution in [0.2, 0.25) is 5.02 Å². The summed E-state index contributed by atoms with van der Waals surface area (Å²) in [5, 5.41) is 23.3. The van der Waals surface area contributed by atoms with Crippen molar-refractivity contribution in [3.05, 3.63) is 33.3 Å². The van der Waals surface area contributed by atoms with E-state index in [0.717, 1.165) is 23.7 Å². The zero-order chi connectivity index (χ0) is 21.5. The molecule has 2 N–H and O–H groups in total. The van der Waals surface area contributed by atoms with Gasteiger partial charge in [-0.05, 0) is 50.3 Å². The highest BCUT2D eigenvalue weighted by Crippen LogP contribution is 2.28. The van der Waals surface area contributed by atoms with E-state index in [2.05, 4.69) is 20.1 Å². The number of aliphatic carboxylic acids is 1. The highest BCUT2D eigenvalue weighted by atomic mass is 35.5. The number of carbonyl (C=O) groups is 1. The van der Waals surface area contributed by atoms with Crippen molar-refractivity contribution < 1.29 is 19.8 Å². The number of carboxylic acid groups (broad SMARTS) is 1. The van der Waals surface area contributed by atoms with Crippen molar-refractivity contribution >= 4 is 40.2 Å². The van der Waals surface area contributed by atoms with E-state index in [-0.39, 0.29) is 12.5 Å². The molecule has 2 aromatic rings. The molecule has 11 heteroatoms. The number of nitrogens with one attached hydrogen (secondary N) is 1. The molecule has 0 atom stereocenters. The van der Waals surface area contributed by atoms with Gasteiger partial charge in [0.05, 0.1) is 18.0 Å². The fourth-order valence-corrected chi connectivity index (χ4v) is 3.61. The number of carboxylic acids is 1. The van der Waals surface area contributed by atoms with Crippen LogP contribution in [-0.4, -0.2) is 52.4 Å². The van der Waals surface area contributed by atoms with E-state index in [4.69, 9.17) is 11.6 Å². The van der Waals surface area contributed by atoms with Crippen LogP contribution in [0.25, 0.3) is 10.9 Å². The Balaban J connectivity index is 1.67. The second-order valence-corrected chi connectivity index (χ2v) is 7.61. The minimum Gasteiger partial charge on any atom is -0.481 e. The van der Waals surface area contributed by atoms with Crippen LogP contribution in [-0.2, 0) is 9.63 Å². The maximum atomic E-state index is 11.2. The Morgan fingerprint density at radius 1 is 1.30 bits per heavy atom. The lowest BCUT2D eigenvalue weighted by molar-refractivity contribution is -0.757. The van der Waals surface area contributed by atoms with Crippen molar-refractivity contribution in [2.24, 2.45) is 5.92 Å². The molecule has 1 fully saturated rings. The molecule has 1 aliphatic heterocycles. The van der Waals surface area contributed by atoms with Gasteiger partial charge < -0.3 is 20.2 Å². The number of rotatable bonds is 10. The summed E-state index contributed by atoms with van der Waals surface area (Å²) in [6.07, 6.45) is 3.30. The minimum atomic E-state index is -0.782. The van der Waals surface area contributed by atoms with Crippen molar-refractivity contribution in [2.75, 3.05) is 36.5 Å². The van der Waals surface area contributed by atoms with Gasteiger partial charge in [-0.25, -0.2) is 4.98 Å². The number of hydrogen-bond donors (Lipinski definition) is 2. The van der Waals surface area contributed by atoms with Gasteiger partial charge in [0.2, 0.25) is 5.95 Å². The molecule has 1 aromatic carbocycles. The quantitative estimate of drug-likeness (QED) is 0.326. The summed E-state index contributed by atoms with van der Waals surface area (Å²) in [4.78, 5) is 37.0. The predicted molar refractivity (Wildman–Crippen MR) is 112 cm³/mol. The van der Waals surface area contributed by atoms with Crippen molar-refractivity contribution in [3.63, 3.8) is 0 Å². The summed E-state index contributed by atoms with van der Waals surface area (Å²) >= 11 is 6.15. The molecule has 3 rings (SSSR count). The minimum absolute atomic E-state index is 0.0927. The second-order valence-electron chi connectivity index (χ2n) is 7.18. The topological polar surface area (TPSA) is 131 Å². The SMILES string of the molecule is O=C(O)C1CCN(c2nc(NCCCCCO[N+](=O)[O-])c3cc(Cl)ccc3n2)CC1. The molecule has 1 aromatic heterocycles. The van der Waals surface area contributed by atoms with Crippen LogP contribution in [0.15, 0.2) is 18.2 Å². The van der Waals surface area contributed by atoms with Crippen LogP contribution in [0.3, 0.4) is 0 Å². The summed E-state index contributed by atoms with van der Waals surface area (Å²) < 4.78 is 0. The van der Waals surface area contributed by atoms with Gasteiger partial charge in [-0.1, -0.05) is 11.6 Å². The van der Waals surface area contributed by atoms with Gasteiger partial charge in [-0.3, -0.25) is 4.79 Å². The fourth-order valence-electron chi connectivity index (χ4n) is 3.44. The summed E-state index contributed by atoms with van der Waals surface area (Å²) in [7, 11) is 0. The lowest BCUT2D eigenvalue weighted by Crippen LogP contribution is -2.37. The molecule has 2 heterocycles. The van der Waals surface area contributed by atoms with Crippen LogP contribution in [0.1, 0.15) is 32.1 Å². The second kappa shape index (κ2) is 10.2. The summed E-state index contributed by atoms with van der Waals surface area (Å²) in [5.74, 6) is 0.155. The Bertz CT molecular complexity index is 904. The largest absolute Gasteiger partial charge is 0.481 e. The highest BCUT2D eigenvalue weighted by molar-refractivity contribution is 6.31. The van der Waals surface area contributed by atoms with Crippen molar-refractivity contribution in [1.82, 2.24) is 9.97 Å². The predicted octanol–water partition coefficient (Wildman–Crippen LogP) is 3.37. The van der Waals surface area contributed by atoms with E-state index < -0.39 is 11.1 Å². The third-order valence-corrected chi connectivity index (χ3v) is 5.32. The molecule has 0 bridgehead atoms. The van der Waals surface area contributed by atoms with Crippen LogP contribution in [0.4, 0.5) is 11.8 Å². The number of halogens is 1. The monoisotopic (exact) mass is 437 g/mol. The lowest BCUT2D eigenvalue weighted by Gasteiger charge is -2.30. The Morgan fingerprint density at radius 2 is 2.07 bits per heavy atom. The number of anilines is 2. The first-order chi connectivity index (χ1) is 14.4. The number of benzene rings is 1. The summed E-state index contributed by atoms with van der Waals surface area (Å²) in [6, 6.07) is 5.42. The number of fused-ring (bicyclic) bond motifs is 1. The fraction of sp³-hybridized carbons (Fsp3) is 0.526. The van der Waals surface area contributed by atoms with Crippen LogP contribution in [0, 0.1) is 16.0 Å². The van der Waals surface area contributed by atoms with Crippen LogP contribution >= 0.6 is 11.6 Å². The van der Waals surface area contributed by atoms with Gasteiger partial charge >= 0.3 is 5.97 Å². The smallest absolute Gasteiger partial charge is 0.306 e. The Hall–Kier alpha value is -2.88. The van der Waals surface area contributed by atoms with Gasteiger partial charge in [0.1, 0.15) is 5.82 Å². The first kappa shape index (κ1) is 21.8. The molecule has 0 saturated carbocycles. The van der Waals surface area contributed by atoms with Gasteiger partial charge in [-0.2, -0.15) is 4.98 Å². The van der Waals surface area contributed by atoms with E-state index in [0.29, 0.717) is 55.7 Å². The molecule has 162 valence electrons. The Kier molecular flexibility index (Phi) is 7.45. The summed E-state index contributed by atoms with van der Waals surface area (Å²) in [5.41, 5.74) is 0.756. The molecular weight excluding hydrogens is 414 g/mol. The van der Waals surface area contributed by atoms with Crippen LogP contribution in [0.5, 0.6) is 0 Å². The number of hydrogen-bond acceptors (Lipinski definition) is 8. The molecule has 10 nitrogen and oxygen atoms in total. The maximum Gasteiger partial charge on any atom is 0.306 e. The zero-order valence-corrected chi connectivity index (χ0v) is 17.2. The standard InChI is InChI=1S/C19H24ClN5O5/c20-14-4-5-16-15(12-14)17(21-8-2-1-3-11-30-25(28)29)23-19(22-16)24-9-6-13(7-10-24)18(26)27/h4-5,12-13H,1-3,6-11H2,(H,26,27)(H,21,22,23). The molecule has 0 unspecified atom stereocenters. The van der Waals surface area contributed by atoms with Gasteiger partial charge in [0.25, 0.3) is 5.09 Å². The molecule has 0 spiro atoms. The Morgan fingerprint density at radius 3 is 2.77 bits per heavy atom. The summed E-state index contributed by atoms with van der Waals surface area (Å²) in [6.45, 7) is 1.91. The molecular formula is C19H24ClN5O5. The molecule has 1 saturated heterocycles. The van der Waals surface area contributed by atoms with Gasteiger partial charge in [0, 0.05) is 30.0 Å². The highest BCUT2D eigenvalue weighted by Gasteiger charge is 2.26. The van der Waals surface area contributed by atoms with E-state index in [1.54, 1.807) is 6.07 Å². The first-order valence-corrected chi connectivity index (χ1v) is 10.3. The lowest BCUT2D eigenvalue weighted by atomic mass is 9.97. The van der Waals surface area contributed by atoms with Gasteiger partial charge in [0.15, 0.2) is 0 Å². The van der Waals surface area contributed by atoms with Crippen molar-refractivity contribution in [2.45, 2.75) is 32.1 Å². The maximum absolute atomic E-state index is 11.2. The number of unbranched alkanes of at least 4 members (excludes halogenated alkanes) is 2. The first-order valence-electron chi connectivity index (χ1n) is 9.90. The Labute approximate surface area is 178 Å². The van der Waals surface area contributed by atoms with E-state index in [1.807, 2.05) is 17.0 Å². The van der Waals surface area contributed by atoms with E-state index >= 15 is 0 Å². The molecule has 1 aliphatic rings. The third-order valence-electron chi connectivity index (χ3n) is 5.08. The molecule has 0 amide bonds. The van der Waals surface area contributed by atoms with Crippen LogP contribution < -0.4 is 10.2 Å². The third kappa shape index (κ3) is 5.82. The average Bonchev–Trinajstić information content (AvgIpc) is 2.72. The molecule has 0 aliphatic carbocycles. The zero-order valence-electron chi connectivity index (χ0n) is 16.4. The number of piperidine rings is 1. The van der Waals surface area contributed by atoms with E-state index in [9.17, 15) is 20.0 Å².